The maximum absolute atomic E-state index is 4.68. The molecule has 0 aliphatic carbocycles. The highest BCUT2D eigenvalue weighted by Crippen LogP contribution is 1.94. The molecule has 0 aromatic carbocycles. The Morgan fingerprint density at radius 1 is 1.71 bits per heavy atom. The second-order valence-corrected chi connectivity index (χ2v) is 1.07. The molecule has 1 aliphatic heterocycles. The van der Waals surface area contributed by atoms with Gasteiger partial charge in [-0.05, 0) is 0 Å². The van der Waals surface area contributed by atoms with Crippen molar-refractivity contribution in [3.05, 3.63) is 12.1 Å². The summed E-state index contributed by atoms with van der Waals surface area (Å²) in [6.07, 6.45) is 3.00. The Kier molecular flexibility index (Phi) is 0.978. The van der Waals surface area contributed by atoms with Gasteiger partial charge in [-0.1, -0.05) is 0 Å². The first-order chi connectivity index (χ1) is 3.43. The molecule has 1 rings (SSSR count). The molecule has 7 heavy (non-hydrogen) atoms. The Bertz CT molecular complexity index is 117. The summed E-state index contributed by atoms with van der Waals surface area (Å²) in [5.41, 5.74) is 0. The zero-order valence-corrected chi connectivity index (χ0v) is 3.96. The van der Waals surface area contributed by atoms with Crippen LogP contribution in [0.4, 0.5) is 0 Å². The largest absolute Gasteiger partial charge is 0.480 e. The average molecular weight is 97.1 g/mol. The molecule has 0 atom stereocenters. The summed E-state index contributed by atoms with van der Waals surface area (Å²) in [4.78, 5) is 3.66. The number of aliphatic imine (C=N–C) groups is 1. The van der Waals surface area contributed by atoms with E-state index in [1.54, 1.807) is 13.3 Å². The number of rotatable bonds is 1. The number of nitrogens with zero attached hydrogens (tertiary/aromatic N) is 2. The van der Waals surface area contributed by atoms with Crippen LogP contribution >= 0.6 is 0 Å². The SMILES string of the molecule is COC1=CN=C[N]1. The maximum atomic E-state index is 4.68. The van der Waals surface area contributed by atoms with E-state index >= 15 is 0 Å². The van der Waals surface area contributed by atoms with Gasteiger partial charge in [0.05, 0.1) is 13.3 Å². The minimum atomic E-state index is 0.569. The molecule has 1 aliphatic rings. The quantitative estimate of drug-likeness (QED) is 0.456. The molecule has 3 heteroatoms. The molecule has 1 radical (unpaired) electrons. The minimum absolute atomic E-state index is 0.569. The highest BCUT2D eigenvalue weighted by atomic mass is 16.5. The highest BCUT2D eigenvalue weighted by Gasteiger charge is 1.95. The highest BCUT2D eigenvalue weighted by molar-refractivity contribution is 5.60. The predicted molar refractivity (Wildman–Crippen MR) is 25.7 cm³/mol. The summed E-state index contributed by atoms with van der Waals surface area (Å²) < 4.78 is 4.68. The lowest BCUT2D eigenvalue weighted by atomic mass is 10.8. The molecule has 0 aromatic rings. The molecule has 0 aromatic heterocycles. The van der Waals surface area contributed by atoms with Crippen molar-refractivity contribution in [2.45, 2.75) is 0 Å². The van der Waals surface area contributed by atoms with Crippen molar-refractivity contribution in [2.24, 2.45) is 4.99 Å². The van der Waals surface area contributed by atoms with Crippen molar-refractivity contribution in [1.29, 1.82) is 0 Å². The van der Waals surface area contributed by atoms with Gasteiger partial charge < -0.3 is 4.74 Å². The first-order valence-corrected chi connectivity index (χ1v) is 1.90. The topological polar surface area (TPSA) is 35.7 Å². The lowest BCUT2D eigenvalue weighted by molar-refractivity contribution is 0.276. The fourth-order valence-corrected chi connectivity index (χ4v) is 0.326. The van der Waals surface area contributed by atoms with Crippen molar-refractivity contribution in [2.75, 3.05) is 7.11 Å². The van der Waals surface area contributed by atoms with Crippen LogP contribution in [0, 0.1) is 0 Å². The van der Waals surface area contributed by atoms with Gasteiger partial charge in [-0.15, -0.1) is 0 Å². The van der Waals surface area contributed by atoms with Gasteiger partial charge in [0.25, 0.3) is 0 Å². The van der Waals surface area contributed by atoms with E-state index in [1.807, 2.05) is 0 Å². The van der Waals surface area contributed by atoms with E-state index in [9.17, 15) is 0 Å². The van der Waals surface area contributed by atoms with Crippen LogP contribution in [0.1, 0.15) is 0 Å². The lowest BCUT2D eigenvalue weighted by Crippen LogP contribution is -1.97. The van der Waals surface area contributed by atoms with E-state index in [-0.39, 0.29) is 0 Å². The van der Waals surface area contributed by atoms with Gasteiger partial charge in [0.1, 0.15) is 6.34 Å². The second kappa shape index (κ2) is 1.64. The Labute approximate surface area is 41.7 Å². The average Bonchev–Trinajstić information content (AvgIpc) is 2.14. The van der Waals surface area contributed by atoms with Crippen LogP contribution < -0.4 is 5.32 Å². The zero-order chi connectivity index (χ0) is 5.11. The summed E-state index contributed by atoms with van der Waals surface area (Å²) in [5, 5.41) is 3.70. The zero-order valence-electron chi connectivity index (χ0n) is 3.96. The second-order valence-electron chi connectivity index (χ2n) is 1.07. The van der Waals surface area contributed by atoms with Crippen LogP contribution in [0.25, 0.3) is 0 Å². The van der Waals surface area contributed by atoms with Gasteiger partial charge >= 0.3 is 0 Å². The van der Waals surface area contributed by atoms with E-state index in [2.05, 4.69) is 15.0 Å². The van der Waals surface area contributed by atoms with Crippen molar-refractivity contribution >= 4 is 6.34 Å². The van der Waals surface area contributed by atoms with E-state index in [0.29, 0.717) is 5.88 Å². The number of hydrogen-bond acceptors (Lipinski definition) is 2. The number of hydrogen-bond donors (Lipinski definition) is 0. The van der Waals surface area contributed by atoms with Gasteiger partial charge in [-0.3, -0.25) is 0 Å². The van der Waals surface area contributed by atoms with Crippen molar-refractivity contribution in [3.63, 3.8) is 0 Å². The Balaban J connectivity index is 2.45. The van der Waals surface area contributed by atoms with Crippen molar-refractivity contribution in [1.82, 2.24) is 5.32 Å². The first kappa shape index (κ1) is 4.18. The standard InChI is InChI=1S/C4H5N2O/c1-7-4-2-5-3-6-4/h2-3H,1H3. The van der Waals surface area contributed by atoms with E-state index in [0.717, 1.165) is 0 Å². The summed E-state index contributed by atoms with van der Waals surface area (Å²) >= 11 is 0. The van der Waals surface area contributed by atoms with Crippen LogP contribution in [-0.2, 0) is 4.74 Å². The third-order valence-corrected chi connectivity index (χ3v) is 0.646. The van der Waals surface area contributed by atoms with E-state index < -0.39 is 0 Å². The summed E-state index contributed by atoms with van der Waals surface area (Å²) in [7, 11) is 1.56. The molecule has 0 spiro atoms. The molecular formula is C4H5N2O. The molecule has 0 unspecified atom stereocenters. The monoisotopic (exact) mass is 97.0 g/mol. The fraction of sp³-hybridized carbons (Fsp3) is 0.250. The third kappa shape index (κ3) is 0.707. The number of methoxy groups -OCH3 is 1. The molecule has 0 saturated carbocycles. The molecular weight excluding hydrogens is 92.1 g/mol. The molecule has 0 fully saturated rings. The van der Waals surface area contributed by atoms with Crippen LogP contribution in [0.15, 0.2) is 17.1 Å². The van der Waals surface area contributed by atoms with Gasteiger partial charge in [0.2, 0.25) is 5.88 Å². The lowest BCUT2D eigenvalue weighted by Gasteiger charge is -1.91. The molecule has 0 N–H and O–H groups in total. The van der Waals surface area contributed by atoms with Crippen LogP contribution in [0.5, 0.6) is 0 Å². The molecule has 0 bridgehead atoms. The molecule has 37 valence electrons. The first-order valence-electron chi connectivity index (χ1n) is 1.90. The Hall–Kier alpha value is -0.990. The Morgan fingerprint density at radius 3 is 2.86 bits per heavy atom. The van der Waals surface area contributed by atoms with Crippen LogP contribution in [-0.4, -0.2) is 13.4 Å². The maximum Gasteiger partial charge on any atom is 0.233 e. The number of ether oxygens (including phenoxy) is 1. The minimum Gasteiger partial charge on any atom is -0.480 e. The van der Waals surface area contributed by atoms with E-state index in [4.69, 9.17) is 0 Å². The van der Waals surface area contributed by atoms with Gasteiger partial charge in [0, 0.05) is 0 Å². The van der Waals surface area contributed by atoms with Gasteiger partial charge in [-0.2, -0.15) is 0 Å². The smallest absolute Gasteiger partial charge is 0.233 e. The van der Waals surface area contributed by atoms with Crippen LogP contribution in [0.2, 0.25) is 0 Å². The molecule has 3 nitrogen and oxygen atoms in total. The third-order valence-electron chi connectivity index (χ3n) is 0.646. The summed E-state index contributed by atoms with van der Waals surface area (Å²) in [6, 6.07) is 0. The predicted octanol–water partition coefficient (Wildman–Crippen LogP) is 0.0780. The normalized spacial score (nSPS) is 15.9. The fourth-order valence-electron chi connectivity index (χ4n) is 0.326. The Morgan fingerprint density at radius 2 is 2.57 bits per heavy atom. The summed E-state index contributed by atoms with van der Waals surface area (Å²) in [5.74, 6) is 0.569. The van der Waals surface area contributed by atoms with Gasteiger partial charge in [-0.25, -0.2) is 10.3 Å². The molecule has 1 heterocycles. The van der Waals surface area contributed by atoms with Crippen molar-refractivity contribution < 1.29 is 4.74 Å². The summed E-state index contributed by atoms with van der Waals surface area (Å²) in [6.45, 7) is 0. The van der Waals surface area contributed by atoms with Crippen LogP contribution in [0.3, 0.4) is 0 Å². The van der Waals surface area contributed by atoms with Crippen molar-refractivity contribution in [3.8, 4) is 0 Å². The van der Waals surface area contributed by atoms with E-state index in [1.165, 1.54) is 6.34 Å². The molecule has 0 saturated heterocycles. The van der Waals surface area contributed by atoms with Gasteiger partial charge in [0.15, 0.2) is 0 Å². The molecule has 0 amide bonds.